The van der Waals surface area contributed by atoms with Crippen molar-refractivity contribution >= 4 is 11.6 Å². The fraction of sp³-hybridized carbons (Fsp3) is 0.0833. The minimum Gasteiger partial charge on any atom is -0.248 e. The average molecular weight is 240 g/mol. The third kappa shape index (κ3) is 2.04. The molecule has 0 fully saturated rings. The van der Waals surface area contributed by atoms with Crippen LogP contribution in [0.3, 0.4) is 0 Å². The topological polar surface area (TPSA) is 12.9 Å². The van der Waals surface area contributed by atoms with Crippen LogP contribution in [0, 0.1) is 11.6 Å². The Morgan fingerprint density at radius 1 is 1.00 bits per heavy atom. The molecule has 0 unspecified atom stereocenters. The van der Waals surface area contributed by atoms with Crippen molar-refractivity contribution in [3.05, 3.63) is 53.7 Å². The summed E-state index contributed by atoms with van der Waals surface area (Å²) in [6.45, 7) is 0. The number of halogens is 3. The van der Waals surface area contributed by atoms with Gasteiger partial charge in [0, 0.05) is 5.56 Å². The first-order chi connectivity index (χ1) is 7.72. The van der Waals surface area contributed by atoms with Crippen LogP contribution in [0.4, 0.5) is 8.78 Å². The van der Waals surface area contributed by atoms with Crippen molar-refractivity contribution in [2.24, 2.45) is 0 Å². The number of benzene rings is 1. The van der Waals surface area contributed by atoms with E-state index in [0.29, 0.717) is 5.69 Å². The summed E-state index contributed by atoms with van der Waals surface area (Å²) in [6, 6.07) is 8.65. The molecule has 1 aromatic carbocycles. The molecule has 82 valence electrons. The van der Waals surface area contributed by atoms with Crippen molar-refractivity contribution in [2.75, 3.05) is 0 Å². The minimum absolute atomic E-state index is 0.00347. The molecule has 4 heteroatoms. The van der Waals surface area contributed by atoms with Gasteiger partial charge in [0.1, 0.15) is 17.3 Å². The zero-order chi connectivity index (χ0) is 11.5. The van der Waals surface area contributed by atoms with Crippen LogP contribution < -0.4 is 0 Å². The van der Waals surface area contributed by atoms with E-state index in [-0.39, 0.29) is 17.1 Å². The number of hydrogen-bond donors (Lipinski definition) is 0. The third-order valence-electron chi connectivity index (χ3n) is 2.17. The molecule has 0 amide bonds. The maximum absolute atomic E-state index is 13.5. The molecule has 0 radical (unpaired) electrons. The van der Waals surface area contributed by atoms with Gasteiger partial charge in [-0.15, -0.1) is 11.6 Å². The summed E-state index contributed by atoms with van der Waals surface area (Å²) in [4.78, 5) is 3.97. The average Bonchev–Trinajstić information content (AvgIpc) is 2.31. The zero-order valence-electron chi connectivity index (χ0n) is 8.25. The molecule has 0 aliphatic rings. The van der Waals surface area contributed by atoms with Gasteiger partial charge in [-0.2, -0.15) is 0 Å². The molecule has 0 saturated heterocycles. The van der Waals surface area contributed by atoms with Crippen molar-refractivity contribution in [3.8, 4) is 11.3 Å². The summed E-state index contributed by atoms with van der Waals surface area (Å²) in [5.41, 5.74) is 0.657. The van der Waals surface area contributed by atoms with Crippen LogP contribution in [-0.2, 0) is 5.88 Å². The van der Waals surface area contributed by atoms with Gasteiger partial charge in [-0.25, -0.2) is 13.8 Å². The first kappa shape index (κ1) is 11.0. The Morgan fingerprint density at radius 3 is 2.44 bits per heavy atom. The Balaban J connectivity index is 2.59. The van der Waals surface area contributed by atoms with E-state index < -0.39 is 11.6 Å². The molecule has 1 nitrogen and oxygen atoms in total. The summed E-state index contributed by atoms with van der Waals surface area (Å²) in [7, 11) is 0. The summed E-state index contributed by atoms with van der Waals surface area (Å²) in [5, 5.41) is 0. The number of aromatic nitrogens is 1. The van der Waals surface area contributed by atoms with Crippen molar-refractivity contribution in [2.45, 2.75) is 5.88 Å². The molecule has 2 rings (SSSR count). The number of hydrogen-bond acceptors (Lipinski definition) is 1. The Hall–Kier alpha value is -1.48. The fourth-order valence-corrected chi connectivity index (χ4v) is 1.55. The Kier molecular flexibility index (Phi) is 3.15. The van der Waals surface area contributed by atoms with Gasteiger partial charge < -0.3 is 0 Å². The highest BCUT2D eigenvalue weighted by Crippen LogP contribution is 2.23. The van der Waals surface area contributed by atoms with Crippen LogP contribution in [0.25, 0.3) is 11.3 Å². The van der Waals surface area contributed by atoms with Gasteiger partial charge in [0.2, 0.25) is 0 Å². The van der Waals surface area contributed by atoms with Crippen molar-refractivity contribution < 1.29 is 8.78 Å². The summed E-state index contributed by atoms with van der Waals surface area (Å²) >= 11 is 5.60. The molecule has 0 saturated carbocycles. The fourth-order valence-electron chi connectivity index (χ4n) is 1.40. The Bertz CT molecular complexity index is 514. The van der Waals surface area contributed by atoms with Gasteiger partial charge in [-0.3, -0.25) is 0 Å². The molecule has 0 aliphatic heterocycles. The van der Waals surface area contributed by atoms with Crippen LogP contribution in [0.2, 0.25) is 0 Å². The largest absolute Gasteiger partial charge is 0.248 e. The highest BCUT2D eigenvalue weighted by molar-refractivity contribution is 6.16. The number of nitrogens with zero attached hydrogens (tertiary/aromatic N) is 1. The molecule has 0 atom stereocenters. The lowest BCUT2D eigenvalue weighted by atomic mass is 10.1. The first-order valence-corrected chi connectivity index (χ1v) is 5.22. The second-order valence-corrected chi connectivity index (χ2v) is 3.51. The van der Waals surface area contributed by atoms with Crippen LogP contribution in [-0.4, -0.2) is 4.98 Å². The maximum atomic E-state index is 13.5. The molecule has 16 heavy (non-hydrogen) atoms. The summed E-state index contributed by atoms with van der Waals surface area (Å²) in [6.07, 6.45) is 0. The van der Waals surface area contributed by atoms with Crippen molar-refractivity contribution in [3.63, 3.8) is 0 Å². The highest BCUT2D eigenvalue weighted by atomic mass is 35.5. The van der Waals surface area contributed by atoms with E-state index in [1.165, 1.54) is 24.3 Å². The van der Waals surface area contributed by atoms with Crippen molar-refractivity contribution in [1.29, 1.82) is 0 Å². The highest BCUT2D eigenvalue weighted by Gasteiger charge is 2.11. The quantitative estimate of drug-likeness (QED) is 0.727. The predicted octanol–water partition coefficient (Wildman–Crippen LogP) is 3.77. The van der Waals surface area contributed by atoms with Gasteiger partial charge in [0.15, 0.2) is 0 Å². The number of alkyl halides is 1. The molecular formula is C12H8ClF2N. The monoisotopic (exact) mass is 239 g/mol. The van der Waals surface area contributed by atoms with E-state index in [2.05, 4.69) is 4.98 Å². The Morgan fingerprint density at radius 2 is 1.75 bits per heavy atom. The number of pyridine rings is 1. The Labute approximate surface area is 96.7 Å². The first-order valence-electron chi connectivity index (χ1n) is 4.68. The SMILES string of the molecule is Fc1ccccc1-c1nc(CCl)ccc1F. The molecule has 0 aliphatic carbocycles. The molecular weight excluding hydrogens is 232 g/mol. The van der Waals surface area contributed by atoms with Gasteiger partial charge in [-0.1, -0.05) is 12.1 Å². The zero-order valence-corrected chi connectivity index (χ0v) is 9.01. The predicted molar refractivity (Wildman–Crippen MR) is 59.1 cm³/mol. The lowest BCUT2D eigenvalue weighted by Gasteiger charge is -2.05. The second kappa shape index (κ2) is 4.58. The smallest absolute Gasteiger partial charge is 0.149 e. The van der Waals surface area contributed by atoms with E-state index in [4.69, 9.17) is 11.6 Å². The van der Waals surface area contributed by atoms with Gasteiger partial charge in [0.25, 0.3) is 0 Å². The molecule has 0 N–H and O–H groups in total. The van der Waals surface area contributed by atoms with E-state index in [1.807, 2.05) is 0 Å². The summed E-state index contributed by atoms with van der Waals surface area (Å²) < 4.78 is 27.0. The molecule has 2 aromatic rings. The van der Waals surface area contributed by atoms with E-state index in [0.717, 1.165) is 0 Å². The molecule has 0 bridgehead atoms. The lowest BCUT2D eigenvalue weighted by molar-refractivity contribution is 0.610. The standard InChI is InChI=1S/C12H8ClF2N/c13-7-8-5-6-11(15)12(16-8)9-3-1-2-4-10(9)14/h1-6H,7H2. The van der Waals surface area contributed by atoms with E-state index in [9.17, 15) is 8.78 Å². The van der Waals surface area contributed by atoms with Crippen LogP contribution in [0.1, 0.15) is 5.69 Å². The van der Waals surface area contributed by atoms with Gasteiger partial charge in [-0.05, 0) is 24.3 Å². The maximum Gasteiger partial charge on any atom is 0.149 e. The minimum atomic E-state index is -0.557. The van der Waals surface area contributed by atoms with E-state index in [1.54, 1.807) is 12.1 Å². The molecule has 1 heterocycles. The second-order valence-electron chi connectivity index (χ2n) is 3.25. The lowest BCUT2D eigenvalue weighted by Crippen LogP contribution is -1.95. The van der Waals surface area contributed by atoms with E-state index >= 15 is 0 Å². The third-order valence-corrected chi connectivity index (χ3v) is 2.44. The van der Waals surface area contributed by atoms with Gasteiger partial charge >= 0.3 is 0 Å². The molecule has 1 aromatic heterocycles. The molecule has 0 spiro atoms. The number of rotatable bonds is 2. The van der Waals surface area contributed by atoms with Crippen LogP contribution in [0.5, 0.6) is 0 Å². The van der Waals surface area contributed by atoms with Gasteiger partial charge in [0.05, 0.1) is 11.6 Å². The van der Waals surface area contributed by atoms with Crippen molar-refractivity contribution in [1.82, 2.24) is 4.98 Å². The normalized spacial score (nSPS) is 10.4. The summed E-state index contributed by atoms with van der Waals surface area (Å²) in [5.74, 6) is -0.888. The van der Waals surface area contributed by atoms with Crippen LogP contribution >= 0.6 is 11.6 Å². The van der Waals surface area contributed by atoms with Crippen LogP contribution in [0.15, 0.2) is 36.4 Å².